The van der Waals surface area contributed by atoms with E-state index in [-0.39, 0.29) is 12.4 Å². The van der Waals surface area contributed by atoms with E-state index in [2.05, 4.69) is 115 Å². The summed E-state index contributed by atoms with van der Waals surface area (Å²) in [6, 6.07) is 43.3. The maximum absolute atomic E-state index is 9.50. The van der Waals surface area contributed by atoms with Crippen molar-refractivity contribution in [3.8, 4) is 6.07 Å². The standard InChI is InChI=1S/C27H23NP.ClH/c28-21-20-24-14-10-11-19-27(24)29(25-15-6-2-7-16-25,26-17-8-3-9-18-26)22-23-12-4-1-5-13-23;/h1-19H,20,22H2;1H/q+1;/p-1. The second-order valence-corrected chi connectivity index (χ2v) is 10.5. The fraction of sp³-hybridized carbons (Fsp3) is 0.0741. The van der Waals surface area contributed by atoms with Crippen LogP contribution in [0.3, 0.4) is 0 Å². The van der Waals surface area contributed by atoms with Crippen molar-refractivity contribution in [2.24, 2.45) is 0 Å². The Balaban J connectivity index is 0.00000256. The minimum Gasteiger partial charge on any atom is -1.00 e. The van der Waals surface area contributed by atoms with E-state index >= 15 is 0 Å². The average molecular weight is 428 g/mol. The Morgan fingerprint density at radius 2 is 1.07 bits per heavy atom. The van der Waals surface area contributed by atoms with E-state index < -0.39 is 7.26 Å². The summed E-state index contributed by atoms with van der Waals surface area (Å²) in [4.78, 5) is 0. The summed E-state index contributed by atoms with van der Waals surface area (Å²) in [5.41, 5.74) is 2.45. The summed E-state index contributed by atoms with van der Waals surface area (Å²) in [5.74, 6) is 0. The first-order chi connectivity index (χ1) is 14.3. The van der Waals surface area contributed by atoms with Gasteiger partial charge in [0.1, 0.15) is 23.2 Å². The summed E-state index contributed by atoms with van der Waals surface area (Å²) in [5, 5.41) is 13.5. The third kappa shape index (κ3) is 4.31. The highest BCUT2D eigenvalue weighted by atomic mass is 35.5. The molecule has 30 heavy (non-hydrogen) atoms. The van der Waals surface area contributed by atoms with Crippen LogP contribution in [0.15, 0.2) is 115 Å². The maximum Gasteiger partial charge on any atom is 0.116 e. The Morgan fingerprint density at radius 3 is 1.60 bits per heavy atom. The van der Waals surface area contributed by atoms with Gasteiger partial charge in [-0.3, -0.25) is 0 Å². The van der Waals surface area contributed by atoms with Gasteiger partial charge in [-0.1, -0.05) is 84.9 Å². The van der Waals surface area contributed by atoms with E-state index in [1.165, 1.54) is 21.5 Å². The highest BCUT2D eigenvalue weighted by Gasteiger charge is 2.46. The lowest BCUT2D eigenvalue weighted by Crippen LogP contribution is -3.00. The van der Waals surface area contributed by atoms with Gasteiger partial charge in [-0.15, -0.1) is 0 Å². The molecule has 0 bridgehead atoms. The van der Waals surface area contributed by atoms with Crippen LogP contribution in [0.2, 0.25) is 0 Å². The second-order valence-electron chi connectivity index (χ2n) is 7.09. The lowest BCUT2D eigenvalue weighted by molar-refractivity contribution is -0.00000591. The molecule has 1 nitrogen and oxygen atoms in total. The Kier molecular flexibility index (Phi) is 7.42. The van der Waals surface area contributed by atoms with Crippen LogP contribution in [-0.2, 0) is 12.6 Å². The van der Waals surface area contributed by atoms with Crippen LogP contribution in [0, 0.1) is 11.3 Å². The molecule has 0 radical (unpaired) electrons. The van der Waals surface area contributed by atoms with E-state index in [0.717, 1.165) is 11.7 Å². The minimum absolute atomic E-state index is 0. The maximum atomic E-state index is 9.50. The molecule has 0 atom stereocenters. The van der Waals surface area contributed by atoms with Gasteiger partial charge in [0.25, 0.3) is 0 Å². The normalized spacial score (nSPS) is 10.6. The van der Waals surface area contributed by atoms with Crippen LogP contribution >= 0.6 is 7.26 Å². The molecule has 0 spiro atoms. The van der Waals surface area contributed by atoms with Crippen LogP contribution in [0.1, 0.15) is 11.1 Å². The molecule has 4 rings (SSSR count). The zero-order valence-corrected chi connectivity index (χ0v) is 18.3. The van der Waals surface area contributed by atoms with Crippen LogP contribution in [0.25, 0.3) is 0 Å². The fourth-order valence-corrected chi connectivity index (χ4v) is 8.53. The van der Waals surface area contributed by atoms with Crippen LogP contribution in [-0.4, -0.2) is 0 Å². The van der Waals surface area contributed by atoms with Gasteiger partial charge in [0.2, 0.25) is 0 Å². The van der Waals surface area contributed by atoms with E-state index in [0.29, 0.717) is 6.42 Å². The van der Waals surface area contributed by atoms with Crippen molar-refractivity contribution in [2.75, 3.05) is 0 Å². The van der Waals surface area contributed by atoms with E-state index in [9.17, 15) is 5.26 Å². The molecule has 0 saturated heterocycles. The van der Waals surface area contributed by atoms with Crippen molar-refractivity contribution in [3.63, 3.8) is 0 Å². The Labute approximate surface area is 185 Å². The zero-order chi connectivity index (χ0) is 19.9. The number of benzene rings is 4. The van der Waals surface area contributed by atoms with Crippen molar-refractivity contribution in [3.05, 3.63) is 126 Å². The number of halogens is 1. The molecule has 0 aliphatic carbocycles. The minimum atomic E-state index is -1.99. The lowest BCUT2D eigenvalue weighted by atomic mass is 10.2. The molecular formula is C27H23ClNP. The fourth-order valence-electron chi connectivity index (χ4n) is 4.04. The summed E-state index contributed by atoms with van der Waals surface area (Å²) < 4.78 is 0. The highest BCUT2D eigenvalue weighted by molar-refractivity contribution is 7.95. The molecule has 0 aliphatic rings. The number of nitriles is 1. The van der Waals surface area contributed by atoms with Gasteiger partial charge in [-0.2, -0.15) is 5.26 Å². The predicted octanol–water partition coefficient (Wildman–Crippen LogP) is 2.25. The molecule has 0 aromatic heterocycles. The lowest BCUT2D eigenvalue weighted by Gasteiger charge is -2.29. The zero-order valence-electron chi connectivity index (χ0n) is 16.7. The predicted molar refractivity (Wildman–Crippen MR) is 125 cm³/mol. The molecule has 0 unspecified atom stereocenters. The summed E-state index contributed by atoms with van der Waals surface area (Å²) >= 11 is 0. The van der Waals surface area contributed by atoms with Crippen LogP contribution in [0.4, 0.5) is 0 Å². The van der Waals surface area contributed by atoms with E-state index in [1.54, 1.807) is 0 Å². The molecule has 0 saturated carbocycles. The van der Waals surface area contributed by atoms with Crippen molar-refractivity contribution < 1.29 is 12.4 Å². The summed E-state index contributed by atoms with van der Waals surface area (Å²) in [7, 11) is -1.99. The van der Waals surface area contributed by atoms with Gasteiger partial charge in [0.05, 0.1) is 18.7 Å². The van der Waals surface area contributed by atoms with Crippen LogP contribution in [0.5, 0.6) is 0 Å². The van der Waals surface area contributed by atoms with Crippen LogP contribution < -0.4 is 28.3 Å². The van der Waals surface area contributed by atoms with E-state index in [4.69, 9.17) is 0 Å². The topological polar surface area (TPSA) is 23.8 Å². The van der Waals surface area contributed by atoms with Crippen molar-refractivity contribution >= 4 is 23.2 Å². The Bertz CT molecular complexity index is 1070. The third-order valence-electron chi connectivity index (χ3n) is 5.33. The first-order valence-corrected chi connectivity index (χ1v) is 11.8. The molecule has 0 heterocycles. The smallest absolute Gasteiger partial charge is 0.116 e. The van der Waals surface area contributed by atoms with Gasteiger partial charge in [0.15, 0.2) is 0 Å². The molecule has 0 fully saturated rings. The average Bonchev–Trinajstić information content (AvgIpc) is 2.80. The first kappa shape index (κ1) is 21.8. The van der Waals surface area contributed by atoms with Crippen molar-refractivity contribution in [2.45, 2.75) is 12.6 Å². The molecule has 0 amide bonds. The Hall–Kier alpha value is -2.91. The molecule has 148 valence electrons. The largest absolute Gasteiger partial charge is 1.00 e. The number of hydrogen-bond donors (Lipinski definition) is 0. The Morgan fingerprint density at radius 1 is 0.600 bits per heavy atom. The van der Waals surface area contributed by atoms with Gasteiger partial charge in [-0.25, -0.2) is 0 Å². The van der Waals surface area contributed by atoms with Crippen molar-refractivity contribution in [1.82, 2.24) is 0 Å². The van der Waals surface area contributed by atoms with Gasteiger partial charge in [0, 0.05) is 5.56 Å². The first-order valence-electron chi connectivity index (χ1n) is 9.83. The van der Waals surface area contributed by atoms with Gasteiger partial charge >= 0.3 is 0 Å². The number of hydrogen-bond acceptors (Lipinski definition) is 1. The van der Waals surface area contributed by atoms with E-state index in [1.807, 2.05) is 6.07 Å². The van der Waals surface area contributed by atoms with Gasteiger partial charge in [-0.05, 0) is 35.9 Å². The van der Waals surface area contributed by atoms with Gasteiger partial charge < -0.3 is 12.4 Å². The quantitative estimate of drug-likeness (QED) is 0.433. The second kappa shape index (κ2) is 10.2. The molecular weight excluding hydrogens is 405 g/mol. The molecule has 0 aliphatic heterocycles. The summed E-state index contributed by atoms with van der Waals surface area (Å²) in [6.07, 6.45) is 1.36. The highest BCUT2D eigenvalue weighted by Crippen LogP contribution is 2.58. The number of nitrogens with zero attached hydrogens (tertiary/aromatic N) is 1. The summed E-state index contributed by atoms with van der Waals surface area (Å²) in [6.45, 7) is 0. The SMILES string of the molecule is N#CCc1ccccc1[P+](Cc1ccccc1)(c1ccccc1)c1ccccc1.[Cl-]. The third-order valence-corrected chi connectivity index (χ3v) is 9.79. The number of rotatable bonds is 6. The molecule has 0 N–H and O–H groups in total. The van der Waals surface area contributed by atoms with Crippen molar-refractivity contribution in [1.29, 1.82) is 5.26 Å². The molecule has 4 aromatic carbocycles. The molecule has 3 heteroatoms. The molecule has 4 aromatic rings. The monoisotopic (exact) mass is 427 g/mol.